The molecule has 6 nitrogen and oxygen atoms in total. The van der Waals surface area contributed by atoms with E-state index in [1.807, 2.05) is 0 Å². The second kappa shape index (κ2) is 7.37. The number of carbonyl (C=O) groups is 2. The van der Waals surface area contributed by atoms with Crippen molar-refractivity contribution in [3.63, 3.8) is 0 Å². The van der Waals surface area contributed by atoms with E-state index in [1.54, 1.807) is 0 Å². The van der Waals surface area contributed by atoms with Crippen molar-refractivity contribution in [2.24, 2.45) is 5.92 Å². The molecule has 1 aromatic carbocycles. The number of aromatic nitrogens is 1. The number of nitrogens with zero attached hydrogens (tertiary/aromatic N) is 3. The summed E-state index contributed by atoms with van der Waals surface area (Å²) < 4.78 is 53.8. The molecule has 0 unspecified atom stereocenters. The lowest BCUT2D eigenvalue weighted by Gasteiger charge is -2.34. The van der Waals surface area contributed by atoms with Gasteiger partial charge in [0.25, 0.3) is 0 Å². The van der Waals surface area contributed by atoms with E-state index in [1.165, 1.54) is 14.0 Å². The molecule has 1 fully saturated rings. The second-order valence-corrected chi connectivity index (χ2v) is 7.99. The fourth-order valence-electron chi connectivity index (χ4n) is 4.05. The first kappa shape index (κ1) is 21.4. The first-order chi connectivity index (χ1) is 14.5. The van der Waals surface area contributed by atoms with Crippen molar-refractivity contribution in [2.75, 3.05) is 28.7 Å². The van der Waals surface area contributed by atoms with Crippen LogP contribution in [0.2, 0.25) is 5.02 Å². The summed E-state index contributed by atoms with van der Waals surface area (Å²) in [7, 11) is 1.40. The molecule has 0 spiro atoms. The maximum atomic E-state index is 13.9. The Morgan fingerprint density at radius 1 is 1.19 bits per heavy atom. The van der Waals surface area contributed by atoms with Crippen LogP contribution in [0.1, 0.15) is 17.7 Å². The minimum absolute atomic E-state index is 0.0602. The number of amides is 2. The number of aryl methyl sites for hydroxylation is 1. The van der Waals surface area contributed by atoms with Gasteiger partial charge in [-0.1, -0.05) is 11.6 Å². The SMILES string of the molecule is Cc1cc(C(F)(F)F)cc(N2C(=O)C[C@@H]3CNc4c(Cl)cc(F)cc4N(C)C(=O)[C@H]32)n1. The summed E-state index contributed by atoms with van der Waals surface area (Å²) in [6, 6.07) is 2.76. The predicted octanol–water partition coefficient (Wildman–Crippen LogP) is 4.01. The lowest BCUT2D eigenvalue weighted by Crippen LogP contribution is -2.51. The molecular weight excluding hydrogens is 440 g/mol. The van der Waals surface area contributed by atoms with Crippen molar-refractivity contribution in [3.8, 4) is 0 Å². The molecule has 2 aromatic rings. The summed E-state index contributed by atoms with van der Waals surface area (Å²) in [5.41, 5.74) is -0.391. The van der Waals surface area contributed by atoms with Gasteiger partial charge in [0.1, 0.15) is 17.7 Å². The summed E-state index contributed by atoms with van der Waals surface area (Å²) in [6.07, 6.45) is -4.70. The molecule has 0 radical (unpaired) electrons. The predicted molar refractivity (Wildman–Crippen MR) is 107 cm³/mol. The number of carbonyl (C=O) groups excluding carboxylic acids is 2. The van der Waals surface area contributed by atoms with Gasteiger partial charge in [0.05, 0.1) is 22.0 Å². The smallest absolute Gasteiger partial charge is 0.382 e. The molecular formula is C20H17ClF4N4O2. The van der Waals surface area contributed by atoms with Crippen LogP contribution in [0.4, 0.5) is 34.8 Å². The monoisotopic (exact) mass is 456 g/mol. The van der Waals surface area contributed by atoms with E-state index in [0.29, 0.717) is 5.69 Å². The number of pyridine rings is 1. The molecule has 164 valence electrons. The molecule has 2 aliphatic heterocycles. The average molecular weight is 457 g/mol. The Hall–Kier alpha value is -2.88. The molecule has 1 saturated heterocycles. The summed E-state index contributed by atoms with van der Waals surface area (Å²) in [5.74, 6) is -2.54. The number of benzene rings is 1. The zero-order valence-corrected chi connectivity index (χ0v) is 17.2. The lowest BCUT2D eigenvalue weighted by molar-refractivity contribution is -0.137. The number of halogens is 5. The Bertz CT molecular complexity index is 1090. The molecule has 1 aromatic heterocycles. The molecule has 2 aliphatic rings. The van der Waals surface area contributed by atoms with Crippen LogP contribution in [0.5, 0.6) is 0 Å². The maximum absolute atomic E-state index is 13.9. The summed E-state index contributed by atoms with van der Waals surface area (Å²) in [6.45, 7) is 1.52. The van der Waals surface area contributed by atoms with Gasteiger partial charge in [-0.15, -0.1) is 0 Å². The van der Waals surface area contributed by atoms with Crippen molar-refractivity contribution < 1.29 is 27.2 Å². The number of likely N-dealkylation sites (N-methyl/N-ethyl adjacent to an activating group) is 1. The largest absolute Gasteiger partial charge is 0.416 e. The molecule has 0 bridgehead atoms. The number of rotatable bonds is 1. The highest BCUT2D eigenvalue weighted by atomic mass is 35.5. The summed E-state index contributed by atoms with van der Waals surface area (Å²) in [5, 5.41) is 3.12. The first-order valence-electron chi connectivity index (χ1n) is 9.36. The zero-order chi connectivity index (χ0) is 22.7. The molecule has 31 heavy (non-hydrogen) atoms. The maximum Gasteiger partial charge on any atom is 0.416 e. The average Bonchev–Trinajstić information content (AvgIpc) is 2.99. The van der Waals surface area contributed by atoms with Crippen molar-refractivity contribution in [2.45, 2.75) is 25.6 Å². The summed E-state index contributed by atoms with van der Waals surface area (Å²) in [4.78, 5) is 32.4. The Balaban J connectivity index is 1.80. The van der Waals surface area contributed by atoms with Gasteiger partial charge < -0.3 is 10.2 Å². The standard InChI is InChI=1S/C20H17ClF4N4O2/c1-9-3-11(20(23,24)25)5-15(27-9)29-16(30)4-10-8-26-17-13(21)6-12(22)7-14(17)28(2)19(31)18(10)29/h3,5-7,10,18,26H,4,8H2,1-2H3/t10-,18+/m1/s1. The number of anilines is 3. The van der Waals surface area contributed by atoms with Crippen molar-refractivity contribution >= 4 is 40.6 Å². The van der Waals surface area contributed by atoms with Crippen LogP contribution in [-0.2, 0) is 15.8 Å². The zero-order valence-electron chi connectivity index (χ0n) is 16.4. The lowest BCUT2D eigenvalue weighted by atomic mass is 9.97. The second-order valence-electron chi connectivity index (χ2n) is 7.59. The topological polar surface area (TPSA) is 65.5 Å². The first-order valence-corrected chi connectivity index (χ1v) is 9.73. The molecule has 2 atom stereocenters. The van der Waals surface area contributed by atoms with Gasteiger partial charge in [0, 0.05) is 31.6 Å². The van der Waals surface area contributed by atoms with Crippen molar-refractivity contribution in [1.82, 2.24) is 4.98 Å². The van der Waals surface area contributed by atoms with Crippen LogP contribution < -0.4 is 15.1 Å². The number of hydrogen-bond donors (Lipinski definition) is 1. The number of nitrogens with one attached hydrogen (secondary N) is 1. The highest BCUT2D eigenvalue weighted by Crippen LogP contribution is 2.41. The highest BCUT2D eigenvalue weighted by molar-refractivity contribution is 6.34. The molecule has 0 saturated carbocycles. The third-order valence-electron chi connectivity index (χ3n) is 5.46. The van der Waals surface area contributed by atoms with E-state index in [-0.39, 0.29) is 35.2 Å². The van der Waals surface area contributed by atoms with Crippen LogP contribution in [0.25, 0.3) is 0 Å². The molecule has 4 rings (SSSR count). The van der Waals surface area contributed by atoms with Crippen LogP contribution in [0.3, 0.4) is 0 Å². The van der Waals surface area contributed by atoms with E-state index < -0.39 is 41.3 Å². The normalized spacial score (nSPS) is 21.4. The highest BCUT2D eigenvalue weighted by Gasteiger charge is 2.48. The van der Waals surface area contributed by atoms with Gasteiger partial charge in [-0.3, -0.25) is 14.5 Å². The van der Waals surface area contributed by atoms with E-state index in [4.69, 9.17) is 11.6 Å². The van der Waals surface area contributed by atoms with Crippen LogP contribution in [-0.4, -0.2) is 36.4 Å². The van der Waals surface area contributed by atoms with Gasteiger partial charge in [0.2, 0.25) is 11.8 Å². The Morgan fingerprint density at radius 3 is 2.58 bits per heavy atom. The van der Waals surface area contributed by atoms with Gasteiger partial charge in [-0.25, -0.2) is 9.37 Å². The minimum Gasteiger partial charge on any atom is -0.382 e. The third kappa shape index (κ3) is 3.69. The fourth-order valence-corrected chi connectivity index (χ4v) is 4.32. The third-order valence-corrected chi connectivity index (χ3v) is 5.76. The van der Waals surface area contributed by atoms with E-state index in [2.05, 4.69) is 10.3 Å². The van der Waals surface area contributed by atoms with Crippen LogP contribution in [0, 0.1) is 18.7 Å². The number of alkyl halides is 3. The number of hydrogen-bond acceptors (Lipinski definition) is 4. The quantitative estimate of drug-likeness (QED) is 0.658. The Morgan fingerprint density at radius 2 is 1.90 bits per heavy atom. The van der Waals surface area contributed by atoms with Crippen LogP contribution >= 0.6 is 11.6 Å². The molecule has 0 aliphatic carbocycles. The molecule has 3 heterocycles. The number of fused-ring (bicyclic) bond motifs is 2. The van der Waals surface area contributed by atoms with Gasteiger partial charge in [-0.05, 0) is 31.2 Å². The molecule has 2 amide bonds. The fraction of sp³-hybridized carbons (Fsp3) is 0.350. The van der Waals surface area contributed by atoms with Crippen molar-refractivity contribution in [1.29, 1.82) is 0 Å². The minimum atomic E-state index is -4.64. The Kier molecular flexibility index (Phi) is 5.07. The van der Waals surface area contributed by atoms with Gasteiger partial charge >= 0.3 is 6.18 Å². The van der Waals surface area contributed by atoms with E-state index >= 15 is 0 Å². The van der Waals surface area contributed by atoms with Crippen molar-refractivity contribution in [3.05, 3.63) is 46.4 Å². The summed E-state index contributed by atoms with van der Waals surface area (Å²) >= 11 is 6.13. The van der Waals surface area contributed by atoms with E-state index in [0.717, 1.165) is 34.1 Å². The van der Waals surface area contributed by atoms with Crippen LogP contribution in [0.15, 0.2) is 24.3 Å². The van der Waals surface area contributed by atoms with E-state index in [9.17, 15) is 27.2 Å². The Labute approximate surface area is 179 Å². The van der Waals surface area contributed by atoms with Gasteiger partial charge in [0.15, 0.2) is 0 Å². The van der Waals surface area contributed by atoms with Gasteiger partial charge in [-0.2, -0.15) is 13.2 Å². The molecule has 11 heteroatoms. The molecule has 1 N–H and O–H groups in total.